The van der Waals surface area contributed by atoms with Crippen LogP contribution in [0.2, 0.25) is 0 Å². The summed E-state index contributed by atoms with van der Waals surface area (Å²) in [4.78, 5) is 18.4. The average molecular weight is 271 g/mol. The molecule has 0 saturated carbocycles. The molecule has 2 aromatic heterocycles. The van der Waals surface area contributed by atoms with Gasteiger partial charge in [-0.3, -0.25) is 9.78 Å². The summed E-state index contributed by atoms with van der Waals surface area (Å²) in [6.07, 6.45) is 6.69. The molecule has 0 N–H and O–H groups in total. The summed E-state index contributed by atoms with van der Waals surface area (Å²) in [6, 6.07) is 5.67. The first kappa shape index (κ1) is 12.8. The van der Waals surface area contributed by atoms with Crippen molar-refractivity contribution < 1.29 is 9.32 Å². The van der Waals surface area contributed by atoms with Gasteiger partial charge in [0.05, 0.1) is 0 Å². The minimum absolute atomic E-state index is 0.0453. The summed E-state index contributed by atoms with van der Waals surface area (Å²) in [7, 11) is 0. The van der Waals surface area contributed by atoms with Gasteiger partial charge in [0.1, 0.15) is 0 Å². The average Bonchev–Trinajstić information content (AvgIpc) is 2.98. The van der Waals surface area contributed by atoms with Gasteiger partial charge in [0, 0.05) is 36.6 Å². The number of nitrogens with zero attached hydrogens (tertiary/aromatic N) is 3. The number of likely N-dealkylation sites (tertiary alicyclic amines) is 1. The number of aromatic nitrogens is 2. The molecule has 3 rings (SSSR count). The fourth-order valence-corrected chi connectivity index (χ4v) is 2.57. The van der Waals surface area contributed by atoms with Crippen molar-refractivity contribution in [2.24, 2.45) is 0 Å². The molecule has 2 aromatic rings. The molecule has 0 unspecified atom stereocenters. The van der Waals surface area contributed by atoms with Crippen molar-refractivity contribution in [3.8, 4) is 11.3 Å². The van der Waals surface area contributed by atoms with Crippen molar-refractivity contribution in [2.45, 2.75) is 32.2 Å². The first-order valence-electron chi connectivity index (χ1n) is 6.94. The lowest BCUT2D eigenvalue weighted by Crippen LogP contribution is -2.42. The summed E-state index contributed by atoms with van der Waals surface area (Å²) in [5.41, 5.74) is 1.20. The van der Waals surface area contributed by atoms with E-state index in [1.165, 1.54) is 6.42 Å². The van der Waals surface area contributed by atoms with Crippen LogP contribution < -0.4 is 0 Å². The number of pyridine rings is 1. The van der Waals surface area contributed by atoms with E-state index in [1.54, 1.807) is 18.5 Å². The first-order valence-corrected chi connectivity index (χ1v) is 6.94. The second kappa shape index (κ2) is 5.45. The minimum Gasteiger partial charge on any atom is -0.355 e. The van der Waals surface area contributed by atoms with Crippen LogP contribution in [0, 0.1) is 0 Å². The highest BCUT2D eigenvalue weighted by molar-refractivity contribution is 5.93. The molecule has 1 aliphatic heterocycles. The summed E-state index contributed by atoms with van der Waals surface area (Å²) in [6.45, 7) is 2.88. The molecule has 3 heterocycles. The van der Waals surface area contributed by atoms with Gasteiger partial charge < -0.3 is 9.42 Å². The summed E-state index contributed by atoms with van der Waals surface area (Å²) in [5, 5.41) is 3.91. The number of carbonyl (C=O) groups excluding carboxylic acids is 1. The largest absolute Gasteiger partial charge is 0.355 e. The Morgan fingerprint density at radius 3 is 3.10 bits per heavy atom. The third-order valence-corrected chi connectivity index (χ3v) is 3.74. The fraction of sp³-hybridized carbons (Fsp3) is 0.400. The standard InChI is InChI=1S/C15H17N3O2/c1-11-5-2-3-8-18(11)15(19)13-9-14(20-17-13)12-6-4-7-16-10-12/h4,6-7,9-11H,2-3,5,8H2,1H3/t11-/m1/s1. The van der Waals surface area contributed by atoms with E-state index in [9.17, 15) is 4.79 Å². The Bertz CT molecular complexity index is 594. The third kappa shape index (κ3) is 2.43. The normalized spacial score (nSPS) is 19.1. The van der Waals surface area contributed by atoms with Crippen molar-refractivity contribution in [1.82, 2.24) is 15.0 Å². The molecule has 1 saturated heterocycles. The van der Waals surface area contributed by atoms with Crippen molar-refractivity contribution in [3.05, 3.63) is 36.3 Å². The molecular weight excluding hydrogens is 254 g/mol. The zero-order chi connectivity index (χ0) is 13.9. The Labute approximate surface area is 117 Å². The maximum absolute atomic E-state index is 12.4. The van der Waals surface area contributed by atoms with E-state index < -0.39 is 0 Å². The molecule has 0 spiro atoms. The van der Waals surface area contributed by atoms with Crippen molar-refractivity contribution in [2.75, 3.05) is 6.54 Å². The minimum atomic E-state index is -0.0453. The third-order valence-electron chi connectivity index (χ3n) is 3.74. The smallest absolute Gasteiger partial charge is 0.276 e. The number of rotatable bonds is 2. The maximum atomic E-state index is 12.4. The Morgan fingerprint density at radius 2 is 2.35 bits per heavy atom. The van der Waals surface area contributed by atoms with E-state index in [-0.39, 0.29) is 11.9 Å². The fourth-order valence-electron chi connectivity index (χ4n) is 2.57. The van der Waals surface area contributed by atoms with Crippen LogP contribution in [-0.2, 0) is 0 Å². The van der Waals surface area contributed by atoms with Gasteiger partial charge in [0.15, 0.2) is 11.5 Å². The molecule has 0 bridgehead atoms. The van der Waals surface area contributed by atoms with Crippen LogP contribution in [0.1, 0.15) is 36.7 Å². The second-order valence-electron chi connectivity index (χ2n) is 5.16. The monoisotopic (exact) mass is 271 g/mol. The number of carbonyl (C=O) groups is 1. The van der Waals surface area contributed by atoms with Crippen LogP contribution in [-0.4, -0.2) is 33.5 Å². The molecule has 104 valence electrons. The van der Waals surface area contributed by atoms with Crippen LogP contribution in [0.5, 0.6) is 0 Å². The van der Waals surface area contributed by atoms with Crippen LogP contribution >= 0.6 is 0 Å². The highest BCUT2D eigenvalue weighted by Gasteiger charge is 2.26. The SMILES string of the molecule is C[C@@H]1CCCCN1C(=O)c1cc(-c2cccnc2)on1. The molecule has 0 aliphatic carbocycles. The molecule has 1 fully saturated rings. The van der Waals surface area contributed by atoms with Gasteiger partial charge in [-0.25, -0.2) is 0 Å². The number of hydrogen-bond acceptors (Lipinski definition) is 4. The van der Waals surface area contributed by atoms with Gasteiger partial charge in [0.2, 0.25) is 0 Å². The van der Waals surface area contributed by atoms with Gasteiger partial charge in [0.25, 0.3) is 5.91 Å². The lowest BCUT2D eigenvalue weighted by atomic mass is 10.0. The van der Waals surface area contributed by atoms with Gasteiger partial charge in [-0.2, -0.15) is 0 Å². The van der Waals surface area contributed by atoms with Crippen molar-refractivity contribution >= 4 is 5.91 Å². The van der Waals surface area contributed by atoms with E-state index in [2.05, 4.69) is 17.1 Å². The second-order valence-corrected chi connectivity index (χ2v) is 5.16. The highest BCUT2D eigenvalue weighted by atomic mass is 16.5. The molecule has 1 amide bonds. The van der Waals surface area contributed by atoms with Gasteiger partial charge in [-0.15, -0.1) is 0 Å². The Balaban J connectivity index is 1.81. The van der Waals surface area contributed by atoms with Crippen LogP contribution in [0.3, 0.4) is 0 Å². The zero-order valence-corrected chi connectivity index (χ0v) is 11.5. The molecule has 5 nitrogen and oxygen atoms in total. The van der Waals surface area contributed by atoms with Crippen molar-refractivity contribution in [1.29, 1.82) is 0 Å². The quantitative estimate of drug-likeness (QED) is 0.842. The molecule has 0 aromatic carbocycles. The summed E-state index contributed by atoms with van der Waals surface area (Å²) < 4.78 is 5.26. The lowest BCUT2D eigenvalue weighted by molar-refractivity contribution is 0.0625. The zero-order valence-electron chi connectivity index (χ0n) is 11.5. The van der Waals surface area contributed by atoms with E-state index in [4.69, 9.17) is 4.52 Å². The van der Waals surface area contributed by atoms with Gasteiger partial charge in [-0.05, 0) is 38.3 Å². The van der Waals surface area contributed by atoms with Crippen LogP contribution in [0.25, 0.3) is 11.3 Å². The van der Waals surface area contributed by atoms with Crippen molar-refractivity contribution in [3.63, 3.8) is 0 Å². The maximum Gasteiger partial charge on any atom is 0.276 e. The van der Waals surface area contributed by atoms with E-state index in [1.807, 2.05) is 17.0 Å². The predicted molar refractivity (Wildman–Crippen MR) is 74.1 cm³/mol. The van der Waals surface area contributed by atoms with Crippen LogP contribution in [0.15, 0.2) is 35.1 Å². The molecule has 1 atom stereocenters. The number of amides is 1. The molecule has 1 aliphatic rings. The summed E-state index contributed by atoms with van der Waals surface area (Å²) >= 11 is 0. The summed E-state index contributed by atoms with van der Waals surface area (Å²) in [5.74, 6) is 0.530. The predicted octanol–water partition coefficient (Wildman–Crippen LogP) is 2.75. The topological polar surface area (TPSA) is 59.2 Å². The Morgan fingerprint density at radius 1 is 1.45 bits per heavy atom. The lowest BCUT2D eigenvalue weighted by Gasteiger charge is -2.32. The highest BCUT2D eigenvalue weighted by Crippen LogP contribution is 2.22. The van der Waals surface area contributed by atoms with Gasteiger partial charge in [-0.1, -0.05) is 5.16 Å². The van der Waals surface area contributed by atoms with Crippen LogP contribution in [0.4, 0.5) is 0 Å². The van der Waals surface area contributed by atoms with E-state index in [0.717, 1.165) is 24.9 Å². The molecular formula is C15H17N3O2. The number of piperidine rings is 1. The Kier molecular flexibility index (Phi) is 3.50. The molecule has 20 heavy (non-hydrogen) atoms. The molecule has 5 heteroatoms. The first-order chi connectivity index (χ1) is 9.75. The number of hydrogen-bond donors (Lipinski definition) is 0. The van der Waals surface area contributed by atoms with E-state index in [0.29, 0.717) is 11.5 Å². The Hall–Kier alpha value is -2.17. The molecule has 0 radical (unpaired) electrons. The van der Waals surface area contributed by atoms with Gasteiger partial charge >= 0.3 is 0 Å². The van der Waals surface area contributed by atoms with E-state index >= 15 is 0 Å².